The van der Waals surface area contributed by atoms with E-state index >= 15 is 0 Å². The number of hydrogen-bond donors (Lipinski definition) is 3. The monoisotopic (exact) mass is 386 g/mol. The topological polar surface area (TPSA) is 94.8 Å². The molecular weight excluding hydrogens is 356 g/mol. The van der Waals surface area contributed by atoms with Crippen molar-refractivity contribution in [1.82, 2.24) is 0 Å². The second-order valence-corrected chi connectivity index (χ2v) is 7.39. The third kappa shape index (κ3) is 7.41. The van der Waals surface area contributed by atoms with Crippen LogP contribution in [0.5, 0.6) is 0 Å². The molecule has 0 bridgehead atoms. The minimum Gasteiger partial charge on any atom is -0.481 e. The summed E-state index contributed by atoms with van der Waals surface area (Å²) >= 11 is 0. The van der Waals surface area contributed by atoms with E-state index in [-0.39, 0.29) is 24.0 Å². The Kier molecular flexibility index (Phi) is 9.11. The fourth-order valence-electron chi connectivity index (χ4n) is 3.61. The second-order valence-electron chi connectivity index (χ2n) is 7.39. The van der Waals surface area contributed by atoms with Crippen LogP contribution in [-0.4, -0.2) is 39.3 Å². The van der Waals surface area contributed by atoms with Crippen LogP contribution in [0, 0.1) is 11.8 Å². The molecule has 4 atom stereocenters. The summed E-state index contributed by atoms with van der Waals surface area (Å²) in [6.07, 6.45) is 9.21. The standard InChI is InChI=1S/C23H30O5/c24-18(16-17-8-4-3-5-9-17)12-13-20-19(21(25)14-15-22(20)26)10-6-1-2-7-11-23(27)28/h1,3-6,8-9,12-13,18-20,22,24,26H,2,7,10-11,14-16H2,(H,27,28)/t18?,19-,20-,22-/m1/s1. The van der Waals surface area contributed by atoms with Gasteiger partial charge in [-0.2, -0.15) is 0 Å². The van der Waals surface area contributed by atoms with Crippen molar-refractivity contribution >= 4 is 11.8 Å². The summed E-state index contributed by atoms with van der Waals surface area (Å²) < 4.78 is 0. The lowest BCUT2D eigenvalue weighted by Gasteiger charge is -2.32. The highest BCUT2D eigenvalue weighted by molar-refractivity contribution is 5.82. The SMILES string of the molecule is O=C(O)CCCC=CC[C@H]1C(=O)CC[C@@H](O)[C@@H]1C=CC(O)Cc1ccccc1. The summed E-state index contributed by atoms with van der Waals surface area (Å²) in [4.78, 5) is 22.9. The molecule has 28 heavy (non-hydrogen) atoms. The first-order valence-corrected chi connectivity index (χ1v) is 9.95. The minimum atomic E-state index is -0.807. The number of Topliss-reactive ketones (excluding diaryl/α,β-unsaturated/α-hetero) is 1. The second kappa shape index (κ2) is 11.6. The molecule has 1 aliphatic carbocycles. The van der Waals surface area contributed by atoms with E-state index in [1.165, 1.54) is 0 Å². The van der Waals surface area contributed by atoms with Gasteiger partial charge in [0.1, 0.15) is 5.78 Å². The van der Waals surface area contributed by atoms with Crippen molar-refractivity contribution < 1.29 is 24.9 Å². The summed E-state index contributed by atoms with van der Waals surface area (Å²) in [5.74, 6) is -1.29. The highest BCUT2D eigenvalue weighted by atomic mass is 16.4. The summed E-state index contributed by atoms with van der Waals surface area (Å²) in [7, 11) is 0. The fourth-order valence-corrected chi connectivity index (χ4v) is 3.61. The number of carbonyl (C=O) groups excluding carboxylic acids is 1. The molecule has 2 rings (SSSR count). The first-order valence-electron chi connectivity index (χ1n) is 9.95. The Labute approximate surface area is 166 Å². The summed E-state index contributed by atoms with van der Waals surface area (Å²) in [5.41, 5.74) is 1.03. The van der Waals surface area contributed by atoms with Crippen LogP contribution in [-0.2, 0) is 16.0 Å². The molecule has 0 spiro atoms. The number of ketones is 1. The zero-order valence-corrected chi connectivity index (χ0v) is 16.1. The summed E-state index contributed by atoms with van der Waals surface area (Å²) in [5, 5.41) is 29.3. The van der Waals surface area contributed by atoms with Gasteiger partial charge in [-0.3, -0.25) is 9.59 Å². The Morgan fingerprint density at radius 3 is 2.68 bits per heavy atom. The molecule has 1 saturated carbocycles. The van der Waals surface area contributed by atoms with Crippen LogP contribution >= 0.6 is 0 Å². The van der Waals surface area contributed by atoms with Crippen molar-refractivity contribution in [2.24, 2.45) is 11.8 Å². The lowest BCUT2D eigenvalue weighted by Crippen LogP contribution is -2.37. The molecule has 1 fully saturated rings. The van der Waals surface area contributed by atoms with Crippen LogP contribution in [0.2, 0.25) is 0 Å². The maximum Gasteiger partial charge on any atom is 0.303 e. The normalized spacial score (nSPS) is 24.1. The maximum absolute atomic E-state index is 12.4. The molecule has 0 aromatic heterocycles. The summed E-state index contributed by atoms with van der Waals surface area (Å²) in [6.45, 7) is 0. The van der Waals surface area contributed by atoms with Crippen molar-refractivity contribution in [3.63, 3.8) is 0 Å². The molecule has 1 aromatic carbocycles. The van der Waals surface area contributed by atoms with Crippen molar-refractivity contribution in [2.45, 2.75) is 57.2 Å². The van der Waals surface area contributed by atoms with Crippen molar-refractivity contribution in [3.05, 3.63) is 60.2 Å². The van der Waals surface area contributed by atoms with Crippen LogP contribution in [0.4, 0.5) is 0 Å². The molecule has 1 aliphatic rings. The lowest BCUT2D eigenvalue weighted by molar-refractivity contribution is -0.137. The van der Waals surface area contributed by atoms with E-state index in [4.69, 9.17) is 5.11 Å². The Balaban J connectivity index is 1.92. The predicted molar refractivity (Wildman–Crippen MR) is 108 cm³/mol. The van der Waals surface area contributed by atoms with Crippen molar-refractivity contribution in [2.75, 3.05) is 0 Å². The average Bonchev–Trinajstić information content (AvgIpc) is 2.67. The van der Waals surface area contributed by atoms with Gasteiger partial charge in [0.25, 0.3) is 0 Å². The smallest absolute Gasteiger partial charge is 0.303 e. The first kappa shape index (κ1) is 22.1. The lowest BCUT2D eigenvalue weighted by atomic mass is 9.74. The number of allylic oxidation sites excluding steroid dienone is 2. The number of aliphatic hydroxyl groups is 2. The van der Waals surface area contributed by atoms with E-state index in [0.29, 0.717) is 38.5 Å². The first-order chi connectivity index (χ1) is 13.5. The zero-order valence-electron chi connectivity index (χ0n) is 16.1. The summed E-state index contributed by atoms with van der Waals surface area (Å²) in [6, 6.07) is 9.68. The van der Waals surface area contributed by atoms with Gasteiger partial charge < -0.3 is 15.3 Å². The highest BCUT2D eigenvalue weighted by Gasteiger charge is 2.35. The van der Waals surface area contributed by atoms with Gasteiger partial charge in [-0.25, -0.2) is 0 Å². The molecule has 1 aromatic rings. The van der Waals surface area contributed by atoms with Crippen LogP contribution in [0.15, 0.2) is 54.6 Å². The minimum absolute atomic E-state index is 0.132. The third-order valence-electron chi connectivity index (χ3n) is 5.17. The Bertz CT molecular complexity index is 679. The number of carbonyl (C=O) groups is 2. The molecular formula is C23H30O5. The van der Waals surface area contributed by atoms with Gasteiger partial charge in [-0.15, -0.1) is 0 Å². The maximum atomic E-state index is 12.4. The van der Waals surface area contributed by atoms with Gasteiger partial charge in [0.2, 0.25) is 0 Å². The van der Waals surface area contributed by atoms with Gasteiger partial charge in [-0.1, -0.05) is 54.6 Å². The van der Waals surface area contributed by atoms with E-state index in [1.807, 2.05) is 42.5 Å². The third-order valence-corrected chi connectivity index (χ3v) is 5.17. The molecule has 0 aliphatic heterocycles. The average molecular weight is 386 g/mol. The molecule has 152 valence electrons. The number of unbranched alkanes of at least 4 members (excludes halogenated alkanes) is 1. The number of carboxylic acid groups (broad SMARTS) is 1. The van der Waals surface area contributed by atoms with Gasteiger partial charge in [0.15, 0.2) is 0 Å². The molecule has 0 saturated heterocycles. The zero-order chi connectivity index (χ0) is 20.4. The fraction of sp³-hybridized carbons (Fsp3) is 0.478. The van der Waals surface area contributed by atoms with Crippen LogP contribution in [0.25, 0.3) is 0 Å². The Morgan fingerprint density at radius 1 is 1.21 bits per heavy atom. The van der Waals surface area contributed by atoms with Crippen molar-refractivity contribution in [1.29, 1.82) is 0 Å². The van der Waals surface area contributed by atoms with Gasteiger partial charge in [-0.05, 0) is 31.2 Å². The van der Waals surface area contributed by atoms with E-state index in [9.17, 15) is 19.8 Å². The highest BCUT2D eigenvalue weighted by Crippen LogP contribution is 2.32. The molecule has 0 radical (unpaired) electrons. The number of carboxylic acids is 1. The van der Waals surface area contributed by atoms with Gasteiger partial charge >= 0.3 is 5.97 Å². The number of aliphatic hydroxyl groups excluding tert-OH is 2. The van der Waals surface area contributed by atoms with Crippen LogP contribution < -0.4 is 0 Å². The number of benzene rings is 1. The van der Waals surface area contributed by atoms with E-state index in [2.05, 4.69) is 0 Å². The number of hydrogen-bond acceptors (Lipinski definition) is 4. The van der Waals surface area contributed by atoms with Crippen LogP contribution in [0.3, 0.4) is 0 Å². The molecule has 3 N–H and O–H groups in total. The Hall–Kier alpha value is -2.24. The van der Waals surface area contributed by atoms with Crippen molar-refractivity contribution in [3.8, 4) is 0 Å². The van der Waals surface area contributed by atoms with Crippen LogP contribution in [0.1, 0.15) is 44.1 Å². The number of rotatable bonds is 10. The predicted octanol–water partition coefficient (Wildman–Crippen LogP) is 3.30. The van der Waals surface area contributed by atoms with Gasteiger partial charge in [0.05, 0.1) is 12.2 Å². The number of aliphatic carboxylic acids is 1. The molecule has 0 heterocycles. The molecule has 5 nitrogen and oxygen atoms in total. The van der Waals surface area contributed by atoms with Gasteiger partial charge in [0, 0.05) is 31.1 Å². The van der Waals surface area contributed by atoms with E-state index in [1.54, 1.807) is 12.2 Å². The molecule has 1 unspecified atom stereocenters. The molecule has 5 heteroatoms. The quantitative estimate of drug-likeness (QED) is 0.424. The Morgan fingerprint density at radius 2 is 1.96 bits per heavy atom. The molecule has 0 amide bonds. The van der Waals surface area contributed by atoms with E-state index < -0.39 is 18.2 Å². The van der Waals surface area contributed by atoms with E-state index in [0.717, 1.165) is 5.56 Å². The largest absolute Gasteiger partial charge is 0.481 e.